The molecule has 1 aromatic carbocycles. The minimum Gasteiger partial charge on any atom is -0.398 e. The fourth-order valence-corrected chi connectivity index (χ4v) is 0.919. The van der Waals surface area contributed by atoms with Gasteiger partial charge in [-0.25, -0.2) is 0 Å². The number of hydrogen-bond donors (Lipinski definition) is 3. The Morgan fingerprint density at radius 1 is 1.58 bits per heavy atom. The summed E-state index contributed by atoms with van der Waals surface area (Å²) in [6.07, 6.45) is 0. The van der Waals surface area contributed by atoms with Crippen LogP contribution in [0.25, 0.3) is 0 Å². The number of nitrogens with two attached hydrogens (primary N) is 1. The average Bonchev–Trinajstić information content (AvgIpc) is 2.08. The van der Waals surface area contributed by atoms with Gasteiger partial charge in [0.1, 0.15) is 0 Å². The normalized spacial score (nSPS) is 9.83. The molecule has 0 saturated carbocycles. The Bertz CT molecular complexity index is 307. The number of aliphatic hydroxyl groups excluding tert-OH is 1. The standard InChI is InChI=1S/C9H12N2O/c1-6-2-3-7(4-8(6)10)9(11)5-12/h2-4,11-12H,5,10H2,1H3. The zero-order valence-corrected chi connectivity index (χ0v) is 6.96. The van der Waals surface area contributed by atoms with E-state index in [4.69, 9.17) is 16.2 Å². The largest absolute Gasteiger partial charge is 0.398 e. The number of nitrogens with one attached hydrogen (secondary N) is 1. The molecule has 0 atom stereocenters. The van der Waals surface area contributed by atoms with Crippen molar-refractivity contribution in [1.82, 2.24) is 0 Å². The van der Waals surface area contributed by atoms with E-state index in [2.05, 4.69) is 0 Å². The predicted octanol–water partition coefficient (Wildman–Crippen LogP) is 0.937. The van der Waals surface area contributed by atoms with Crippen molar-refractivity contribution in [3.8, 4) is 0 Å². The van der Waals surface area contributed by atoms with Crippen LogP contribution in [0.15, 0.2) is 18.2 Å². The van der Waals surface area contributed by atoms with Gasteiger partial charge in [-0.2, -0.15) is 0 Å². The Morgan fingerprint density at radius 3 is 2.75 bits per heavy atom. The Balaban J connectivity index is 3.05. The van der Waals surface area contributed by atoms with Crippen LogP contribution in [-0.2, 0) is 0 Å². The highest BCUT2D eigenvalue weighted by atomic mass is 16.3. The SMILES string of the molecule is Cc1ccc(C(=N)CO)cc1N. The fourth-order valence-electron chi connectivity index (χ4n) is 0.919. The average molecular weight is 164 g/mol. The summed E-state index contributed by atoms with van der Waals surface area (Å²) in [5.74, 6) is 0. The summed E-state index contributed by atoms with van der Waals surface area (Å²) in [5, 5.41) is 16.0. The van der Waals surface area contributed by atoms with E-state index < -0.39 is 0 Å². The highest BCUT2D eigenvalue weighted by Crippen LogP contribution is 2.12. The summed E-state index contributed by atoms with van der Waals surface area (Å²) in [4.78, 5) is 0. The van der Waals surface area contributed by atoms with Gasteiger partial charge in [-0.05, 0) is 24.1 Å². The molecule has 0 aliphatic heterocycles. The van der Waals surface area contributed by atoms with Crippen molar-refractivity contribution in [3.63, 3.8) is 0 Å². The molecular weight excluding hydrogens is 152 g/mol. The molecule has 3 heteroatoms. The molecule has 0 aliphatic carbocycles. The van der Waals surface area contributed by atoms with Crippen LogP contribution >= 0.6 is 0 Å². The van der Waals surface area contributed by atoms with Gasteiger partial charge in [-0.15, -0.1) is 0 Å². The van der Waals surface area contributed by atoms with E-state index in [1.807, 2.05) is 13.0 Å². The molecule has 0 amide bonds. The first kappa shape index (κ1) is 8.74. The molecule has 0 unspecified atom stereocenters. The first-order valence-electron chi connectivity index (χ1n) is 3.70. The highest BCUT2D eigenvalue weighted by molar-refractivity contribution is 5.99. The number of nitrogen functional groups attached to an aromatic ring is 1. The quantitative estimate of drug-likeness (QED) is 0.449. The van der Waals surface area contributed by atoms with Crippen LogP contribution in [0.3, 0.4) is 0 Å². The Kier molecular flexibility index (Phi) is 2.45. The molecule has 4 N–H and O–H groups in total. The fraction of sp³-hybridized carbons (Fsp3) is 0.222. The maximum atomic E-state index is 8.68. The number of aliphatic hydroxyl groups is 1. The summed E-state index contributed by atoms with van der Waals surface area (Å²) in [7, 11) is 0. The van der Waals surface area contributed by atoms with Gasteiger partial charge in [0.25, 0.3) is 0 Å². The monoisotopic (exact) mass is 164 g/mol. The lowest BCUT2D eigenvalue weighted by atomic mass is 10.1. The molecule has 0 heterocycles. The Morgan fingerprint density at radius 2 is 2.25 bits per heavy atom. The number of aryl methyl sites for hydroxylation is 1. The molecule has 0 radical (unpaired) electrons. The highest BCUT2D eigenvalue weighted by Gasteiger charge is 2.00. The first-order chi connectivity index (χ1) is 5.65. The van der Waals surface area contributed by atoms with E-state index in [0.29, 0.717) is 11.3 Å². The van der Waals surface area contributed by atoms with Gasteiger partial charge in [0.05, 0.1) is 12.3 Å². The van der Waals surface area contributed by atoms with Crippen LogP contribution in [0.5, 0.6) is 0 Å². The summed E-state index contributed by atoms with van der Waals surface area (Å²) in [6.45, 7) is 1.66. The number of anilines is 1. The Labute approximate surface area is 71.3 Å². The third-order valence-corrected chi connectivity index (χ3v) is 1.79. The predicted molar refractivity (Wildman–Crippen MR) is 49.5 cm³/mol. The second-order valence-corrected chi connectivity index (χ2v) is 2.71. The van der Waals surface area contributed by atoms with E-state index in [9.17, 15) is 0 Å². The van der Waals surface area contributed by atoms with Crippen molar-refractivity contribution < 1.29 is 5.11 Å². The summed E-state index contributed by atoms with van der Waals surface area (Å²) >= 11 is 0. The molecule has 0 bridgehead atoms. The summed E-state index contributed by atoms with van der Waals surface area (Å²) in [5.41, 5.74) is 8.16. The van der Waals surface area contributed by atoms with Crippen molar-refractivity contribution in [3.05, 3.63) is 29.3 Å². The van der Waals surface area contributed by atoms with Crippen LogP contribution < -0.4 is 5.73 Å². The minimum atomic E-state index is -0.248. The lowest BCUT2D eigenvalue weighted by Crippen LogP contribution is -2.05. The van der Waals surface area contributed by atoms with Gasteiger partial charge in [-0.3, -0.25) is 0 Å². The lowest BCUT2D eigenvalue weighted by molar-refractivity contribution is 0.357. The van der Waals surface area contributed by atoms with E-state index >= 15 is 0 Å². The molecule has 1 aromatic rings. The molecule has 3 nitrogen and oxygen atoms in total. The molecule has 0 aromatic heterocycles. The third kappa shape index (κ3) is 1.62. The maximum absolute atomic E-state index is 8.68. The minimum absolute atomic E-state index is 0.196. The summed E-state index contributed by atoms with van der Waals surface area (Å²) in [6, 6.07) is 5.33. The van der Waals surface area contributed by atoms with E-state index in [-0.39, 0.29) is 12.3 Å². The van der Waals surface area contributed by atoms with Crippen molar-refractivity contribution in [2.45, 2.75) is 6.92 Å². The Hall–Kier alpha value is -1.35. The van der Waals surface area contributed by atoms with E-state index in [0.717, 1.165) is 5.56 Å². The molecule has 0 spiro atoms. The second kappa shape index (κ2) is 3.36. The van der Waals surface area contributed by atoms with Gasteiger partial charge >= 0.3 is 0 Å². The van der Waals surface area contributed by atoms with Crippen LogP contribution in [0, 0.1) is 12.3 Å². The van der Waals surface area contributed by atoms with E-state index in [1.165, 1.54) is 0 Å². The maximum Gasteiger partial charge on any atom is 0.0851 e. The second-order valence-electron chi connectivity index (χ2n) is 2.71. The number of benzene rings is 1. The molecule has 0 saturated heterocycles. The van der Waals surface area contributed by atoms with Crippen molar-refractivity contribution in [2.24, 2.45) is 0 Å². The summed E-state index contributed by atoms with van der Waals surface area (Å²) < 4.78 is 0. The molecular formula is C9H12N2O. The number of hydrogen-bond acceptors (Lipinski definition) is 3. The van der Waals surface area contributed by atoms with Crippen LogP contribution in [0.1, 0.15) is 11.1 Å². The third-order valence-electron chi connectivity index (χ3n) is 1.79. The molecule has 64 valence electrons. The zero-order chi connectivity index (χ0) is 9.14. The van der Waals surface area contributed by atoms with Gasteiger partial charge in [0, 0.05) is 5.69 Å². The van der Waals surface area contributed by atoms with Crippen LogP contribution in [0.2, 0.25) is 0 Å². The lowest BCUT2D eigenvalue weighted by Gasteiger charge is -2.03. The number of rotatable bonds is 2. The van der Waals surface area contributed by atoms with E-state index in [1.54, 1.807) is 12.1 Å². The van der Waals surface area contributed by atoms with Crippen LogP contribution in [-0.4, -0.2) is 17.4 Å². The van der Waals surface area contributed by atoms with Gasteiger partial charge in [-0.1, -0.05) is 12.1 Å². The van der Waals surface area contributed by atoms with Crippen molar-refractivity contribution >= 4 is 11.4 Å². The molecule has 12 heavy (non-hydrogen) atoms. The van der Waals surface area contributed by atoms with Crippen molar-refractivity contribution in [2.75, 3.05) is 12.3 Å². The van der Waals surface area contributed by atoms with Crippen LogP contribution in [0.4, 0.5) is 5.69 Å². The van der Waals surface area contributed by atoms with Gasteiger partial charge in [0.15, 0.2) is 0 Å². The zero-order valence-electron chi connectivity index (χ0n) is 6.96. The topological polar surface area (TPSA) is 70.1 Å². The molecule has 0 fully saturated rings. The molecule has 1 rings (SSSR count). The molecule has 0 aliphatic rings. The van der Waals surface area contributed by atoms with Gasteiger partial charge < -0.3 is 16.2 Å². The van der Waals surface area contributed by atoms with Crippen molar-refractivity contribution in [1.29, 1.82) is 5.41 Å². The van der Waals surface area contributed by atoms with Gasteiger partial charge in [0.2, 0.25) is 0 Å². The first-order valence-corrected chi connectivity index (χ1v) is 3.70. The smallest absolute Gasteiger partial charge is 0.0851 e.